The maximum absolute atomic E-state index is 10.9. The summed E-state index contributed by atoms with van der Waals surface area (Å²) >= 11 is 0. The van der Waals surface area contributed by atoms with E-state index in [0.29, 0.717) is 11.6 Å². The first-order valence-corrected chi connectivity index (χ1v) is 8.25. The van der Waals surface area contributed by atoms with Crippen LogP contribution in [0.15, 0.2) is 48.5 Å². The van der Waals surface area contributed by atoms with Crippen molar-refractivity contribution in [2.75, 3.05) is 18.5 Å². The lowest BCUT2D eigenvalue weighted by Crippen LogP contribution is -2.16. The molecule has 0 bridgehead atoms. The zero-order valence-corrected chi connectivity index (χ0v) is 13.7. The molecule has 2 atom stereocenters. The van der Waals surface area contributed by atoms with Crippen molar-refractivity contribution in [1.82, 2.24) is 0 Å². The topological polar surface area (TPSA) is 88.2 Å². The molecular formula is C19H19N3O3. The van der Waals surface area contributed by atoms with Crippen molar-refractivity contribution in [3.05, 3.63) is 69.8 Å². The molecule has 1 aliphatic heterocycles. The molecule has 0 aromatic heterocycles. The number of nitro groups is 1. The zero-order valence-electron chi connectivity index (χ0n) is 13.7. The first kappa shape index (κ1) is 16.9. The van der Waals surface area contributed by atoms with Crippen LogP contribution in [0.5, 0.6) is 0 Å². The van der Waals surface area contributed by atoms with Gasteiger partial charge in [-0.1, -0.05) is 30.3 Å². The molecule has 1 fully saturated rings. The molecule has 3 rings (SSSR count). The van der Waals surface area contributed by atoms with E-state index in [-0.39, 0.29) is 17.3 Å². The van der Waals surface area contributed by atoms with Gasteiger partial charge in [-0.05, 0) is 30.4 Å². The van der Waals surface area contributed by atoms with Crippen LogP contribution in [0.2, 0.25) is 0 Å². The number of nitrogens with zero attached hydrogens (tertiary/aromatic N) is 2. The molecule has 1 heterocycles. The van der Waals surface area contributed by atoms with Crippen LogP contribution in [0.1, 0.15) is 30.0 Å². The van der Waals surface area contributed by atoms with Crippen LogP contribution in [0.25, 0.3) is 0 Å². The number of hydrogen-bond donors (Lipinski definition) is 1. The van der Waals surface area contributed by atoms with Gasteiger partial charge in [0.05, 0.1) is 22.2 Å². The van der Waals surface area contributed by atoms with Gasteiger partial charge in [-0.2, -0.15) is 5.26 Å². The number of non-ortho nitro benzene ring substituents is 1. The Labute approximate surface area is 146 Å². The Kier molecular flexibility index (Phi) is 5.26. The predicted molar refractivity (Wildman–Crippen MR) is 94.2 cm³/mol. The molecule has 1 saturated heterocycles. The second-order valence-electron chi connectivity index (χ2n) is 6.17. The normalized spacial score (nSPS) is 17.6. The Balaban J connectivity index is 1.87. The highest BCUT2D eigenvalue weighted by Gasteiger charge is 2.23. The summed E-state index contributed by atoms with van der Waals surface area (Å²) in [4.78, 5) is 10.4. The van der Waals surface area contributed by atoms with Crippen LogP contribution in [0, 0.1) is 27.4 Å². The molecule has 6 heteroatoms. The van der Waals surface area contributed by atoms with Gasteiger partial charge in [0.25, 0.3) is 5.69 Å². The predicted octanol–water partition coefficient (Wildman–Crippen LogP) is 4.05. The molecule has 0 saturated carbocycles. The van der Waals surface area contributed by atoms with Crippen LogP contribution in [0.3, 0.4) is 0 Å². The van der Waals surface area contributed by atoms with Gasteiger partial charge in [0.1, 0.15) is 6.07 Å². The second kappa shape index (κ2) is 7.77. The van der Waals surface area contributed by atoms with Crippen molar-refractivity contribution in [2.24, 2.45) is 5.92 Å². The van der Waals surface area contributed by atoms with Gasteiger partial charge in [0, 0.05) is 25.3 Å². The summed E-state index contributed by atoms with van der Waals surface area (Å²) in [5.41, 5.74) is 1.93. The van der Waals surface area contributed by atoms with E-state index in [4.69, 9.17) is 4.74 Å². The number of rotatable bonds is 6. The molecular weight excluding hydrogens is 318 g/mol. The fourth-order valence-electron chi connectivity index (χ4n) is 3.12. The third kappa shape index (κ3) is 4.14. The van der Waals surface area contributed by atoms with E-state index < -0.39 is 4.92 Å². The summed E-state index contributed by atoms with van der Waals surface area (Å²) < 4.78 is 5.48. The average molecular weight is 337 g/mol. The Hall–Kier alpha value is -2.91. The SMILES string of the molecule is N#Cc1cc([N+](=O)[O-])ccc1NC(CC1CCOC1)c1ccccc1. The van der Waals surface area contributed by atoms with Crippen molar-refractivity contribution in [2.45, 2.75) is 18.9 Å². The lowest BCUT2D eigenvalue weighted by Gasteiger charge is -2.23. The molecule has 1 aliphatic rings. The van der Waals surface area contributed by atoms with Gasteiger partial charge in [-0.25, -0.2) is 0 Å². The summed E-state index contributed by atoms with van der Waals surface area (Å²) in [7, 11) is 0. The van der Waals surface area contributed by atoms with Crippen molar-refractivity contribution >= 4 is 11.4 Å². The third-order valence-corrected chi connectivity index (χ3v) is 4.46. The monoisotopic (exact) mass is 337 g/mol. The molecule has 2 aromatic rings. The second-order valence-corrected chi connectivity index (χ2v) is 6.17. The van der Waals surface area contributed by atoms with Crippen LogP contribution < -0.4 is 5.32 Å². The number of anilines is 1. The minimum absolute atomic E-state index is 0.0152. The third-order valence-electron chi connectivity index (χ3n) is 4.46. The molecule has 0 aliphatic carbocycles. The van der Waals surface area contributed by atoms with Crippen molar-refractivity contribution in [3.63, 3.8) is 0 Å². The van der Waals surface area contributed by atoms with E-state index >= 15 is 0 Å². The van der Waals surface area contributed by atoms with Crippen molar-refractivity contribution in [1.29, 1.82) is 5.26 Å². The molecule has 2 aromatic carbocycles. The Morgan fingerprint density at radius 2 is 2.12 bits per heavy atom. The Morgan fingerprint density at radius 1 is 1.32 bits per heavy atom. The first-order valence-electron chi connectivity index (χ1n) is 8.25. The fraction of sp³-hybridized carbons (Fsp3) is 0.316. The molecule has 0 radical (unpaired) electrons. The van der Waals surface area contributed by atoms with Crippen LogP contribution >= 0.6 is 0 Å². The van der Waals surface area contributed by atoms with Crippen LogP contribution in [0.4, 0.5) is 11.4 Å². The minimum Gasteiger partial charge on any atom is -0.381 e. The maximum Gasteiger partial charge on any atom is 0.270 e. The fourth-order valence-corrected chi connectivity index (χ4v) is 3.12. The summed E-state index contributed by atoms with van der Waals surface area (Å²) in [5, 5.41) is 23.7. The van der Waals surface area contributed by atoms with Crippen LogP contribution in [-0.2, 0) is 4.74 Å². The van der Waals surface area contributed by atoms with Crippen LogP contribution in [-0.4, -0.2) is 18.1 Å². The maximum atomic E-state index is 10.9. The number of nitrogens with one attached hydrogen (secondary N) is 1. The Morgan fingerprint density at radius 3 is 2.76 bits per heavy atom. The number of hydrogen-bond acceptors (Lipinski definition) is 5. The highest BCUT2D eigenvalue weighted by atomic mass is 16.6. The largest absolute Gasteiger partial charge is 0.381 e. The average Bonchev–Trinajstić information content (AvgIpc) is 3.15. The molecule has 0 spiro atoms. The van der Waals surface area contributed by atoms with Gasteiger partial charge in [-0.15, -0.1) is 0 Å². The van der Waals surface area contributed by atoms with Crippen molar-refractivity contribution < 1.29 is 9.66 Å². The lowest BCUT2D eigenvalue weighted by atomic mass is 9.93. The van der Waals surface area contributed by atoms with E-state index in [2.05, 4.69) is 5.32 Å². The number of benzene rings is 2. The highest BCUT2D eigenvalue weighted by Crippen LogP contribution is 2.31. The summed E-state index contributed by atoms with van der Waals surface area (Å²) in [6.45, 7) is 1.53. The lowest BCUT2D eigenvalue weighted by molar-refractivity contribution is -0.384. The van der Waals surface area contributed by atoms with E-state index in [9.17, 15) is 15.4 Å². The van der Waals surface area contributed by atoms with Gasteiger partial charge in [0.15, 0.2) is 0 Å². The summed E-state index contributed by atoms with van der Waals surface area (Å²) in [6, 6.07) is 16.4. The molecule has 6 nitrogen and oxygen atoms in total. The van der Waals surface area contributed by atoms with E-state index in [1.165, 1.54) is 12.1 Å². The smallest absolute Gasteiger partial charge is 0.270 e. The summed E-state index contributed by atoms with van der Waals surface area (Å²) in [5.74, 6) is 0.460. The van der Waals surface area contributed by atoms with Crippen molar-refractivity contribution in [3.8, 4) is 6.07 Å². The van der Waals surface area contributed by atoms with E-state index in [1.54, 1.807) is 6.07 Å². The number of ether oxygens (including phenoxy) is 1. The van der Waals surface area contributed by atoms with E-state index in [0.717, 1.165) is 31.6 Å². The summed E-state index contributed by atoms with van der Waals surface area (Å²) in [6.07, 6.45) is 1.91. The van der Waals surface area contributed by atoms with Gasteiger partial charge < -0.3 is 10.1 Å². The standard InChI is InChI=1S/C19H19N3O3/c20-12-16-11-17(22(23)24)6-7-18(16)21-19(10-14-8-9-25-13-14)15-4-2-1-3-5-15/h1-7,11,14,19,21H,8-10,13H2. The van der Waals surface area contributed by atoms with E-state index in [1.807, 2.05) is 36.4 Å². The van der Waals surface area contributed by atoms with Gasteiger partial charge in [0.2, 0.25) is 0 Å². The molecule has 0 amide bonds. The quantitative estimate of drug-likeness (QED) is 0.634. The van der Waals surface area contributed by atoms with Gasteiger partial charge >= 0.3 is 0 Å². The first-order chi connectivity index (χ1) is 12.2. The Bertz CT molecular complexity index is 780. The molecule has 2 unspecified atom stereocenters. The zero-order chi connectivity index (χ0) is 17.6. The number of nitro benzene ring substituents is 1. The molecule has 1 N–H and O–H groups in total. The molecule has 128 valence electrons. The van der Waals surface area contributed by atoms with Gasteiger partial charge in [-0.3, -0.25) is 10.1 Å². The molecule has 25 heavy (non-hydrogen) atoms. The highest BCUT2D eigenvalue weighted by molar-refractivity contribution is 5.62. The number of nitriles is 1. The minimum atomic E-state index is -0.491.